The number of rotatable bonds is 6. The molecule has 1 aliphatic carbocycles. The van der Waals surface area contributed by atoms with E-state index in [9.17, 15) is 9.59 Å². The number of nitrogens with zero attached hydrogens (tertiary/aromatic N) is 2. The second-order valence-corrected chi connectivity index (χ2v) is 8.39. The van der Waals surface area contributed by atoms with E-state index in [1.165, 1.54) is 0 Å². The van der Waals surface area contributed by atoms with Crippen LogP contribution in [-0.4, -0.2) is 34.4 Å². The molecule has 7 heteroatoms. The molecule has 3 N–H and O–H groups in total. The summed E-state index contributed by atoms with van der Waals surface area (Å²) in [4.78, 5) is 29.0. The van der Waals surface area contributed by atoms with Crippen molar-refractivity contribution in [3.05, 3.63) is 53.3 Å². The monoisotopic (exact) mass is 436 g/mol. The minimum Gasteiger partial charge on any atom is -0.496 e. The Kier molecular flexibility index (Phi) is 6.57. The third-order valence-corrected chi connectivity index (χ3v) is 5.81. The van der Waals surface area contributed by atoms with Crippen molar-refractivity contribution in [1.82, 2.24) is 14.7 Å². The number of fused-ring (bicyclic) bond motifs is 1. The van der Waals surface area contributed by atoms with E-state index in [2.05, 4.69) is 10.3 Å². The number of primary amides is 1. The van der Waals surface area contributed by atoms with Crippen molar-refractivity contribution in [2.45, 2.75) is 58.9 Å². The Hall–Kier alpha value is -3.35. The van der Waals surface area contributed by atoms with Crippen LogP contribution in [0, 0.1) is 6.92 Å². The van der Waals surface area contributed by atoms with Crippen molar-refractivity contribution in [2.75, 3.05) is 7.11 Å². The van der Waals surface area contributed by atoms with Gasteiger partial charge in [-0.3, -0.25) is 14.0 Å². The number of hydrogen-bond donors (Lipinski definition) is 2. The molecule has 0 radical (unpaired) electrons. The summed E-state index contributed by atoms with van der Waals surface area (Å²) in [6.07, 6.45) is 5.71. The van der Waals surface area contributed by atoms with E-state index in [0.29, 0.717) is 17.0 Å². The highest BCUT2D eigenvalue weighted by Gasteiger charge is 2.28. The van der Waals surface area contributed by atoms with Gasteiger partial charge >= 0.3 is 0 Å². The van der Waals surface area contributed by atoms with E-state index in [-0.39, 0.29) is 17.9 Å². The lowest BCUT2D eigenvalue weighted by molar-refractivity contribution is -0.122. The molecule has 7 nitrogen and oxygen atoms in total. The number of pyridine rings is 1. The molecule has 2 heterocycles. The number of benzene rings is 1. The normalized spacial score (nSPS) is 13.3. The molecule has 4 rings (SSSR count). The van der Waals surface area contributed by atoms with Crippen LogP contribution in [0.3, 0.4) is 0 Å². The summed E-state index contributed by atoms with van der Waals surface area (Å²) in [5, 5.41) is 3.02. The number of methoxy groups -OCH3 is 1. The van der Waals surface area contributed by atoms with Crippen LogP contribution in [-0.2, 0) is 10.2 Å². The standard InChI is InChI=1S/C23H26N4O3.C2H6/c1-13-9-14(10-18(30-4)20(13)21(28)26-16-5-6-16)17-12-25-19-11-15(7-8-27(17)19)23(2,3)22(24)29;1-2/h7-12,16H,5-6H2,1-4H3,(H2,24,29)(H,26,28);1-2H3. The fourth-order valence-corrected chi connectivity index (χ4v) is 3.57. The highest BCUT2D eigenvalue weighted by atomic mass is 16.5. The van der Waals surface area contributed by atoms with Crippen molar-refractivity contribution in [1.29, 1.82) is 0 Å². The van der Waals surface area contributed by atoms with Crippen molar-refractivity contribution >= 4 is 17.5 Å². The molecule has 1 aliphatic rings. The first-order valence-corrected chi connectivity index (χ1v) is 11.0. The highest BCUT2D eigenvalue weighted by Crippen LogP contribution is 2.32. The first-order valence-electron chi connectivity index (χ1n) is 11.0. The van der Waals surface area contributed by atoms with Crippen molar-refractivity contribution < 1.29 is 14.3 Å². The third kappa shape index (κ3) is 4.33. The Morgan fingerprint density at radius 1 is 1.22 bits per heavy atom. The topological polar surface area (TPSA) is 98.7 Å². The highest BCUT2D eigenvalue weighted by molar-refractivity contribution is 5.99. The van der Waals surface area contributed by atoms with Gasteiger partial charge in [-0.1, -0.05) is 13.8 Å². The summed E-state index contributed by atoms with van der Waals surface area (Å²) in [6.45, 7) is 9.50. The zero-order valence-electron chi connectivity index (χ0n) is 19.7. The van der Waals surface area contributed by atoms with Gasteiger partial charge in [0.05, 0.1) is 30.0 Å². The van der Waals surface area contributed by atoms with Crippen LogP contribution in [0.15, 0.2) is 36.7 Å². The second kappa shape index (κ2) is 9.02. The molecule has 0 saturated heterocycles. The van der Waals surface area contributed by atoms with Crippen LogP contribution in [0.25, 0.3) is 16.9 Å². The predicted molar refractivity (Wildman–Crippen MR) is 126 cm³/mol. The second-order valence-electron chi connectivity index (χ2n) is 8.39. The number of nitrogens with two attached hydrogens (primary N) is 1. The SMILES string of the molecule is CC.COc1cc(-c2cnc3cc(C(C)(C)C(N)=O)ccn23)cc(C)c1C(=O)NC1CC1. The minimum absolute atomic E-state index is 0.102. The quantitative estimate of drug-likeness (QED) is 0.610. The number of carbonyl (C=O) groups excluding carboxylic acids is 2. The van der Waals surface area contributed by atoms with Gasteiger partial charge in [-0.15, -0.1) is 0 Å². The molecule has 0 spiro atoms. The van der Waals surface area contributed by atoms with E-state index in [4.69, 9.17) is 10.5 Å². The molecule has 3 aromatic rings. The number of imidazole rings is 1. The maximum absolute atomic E-state index is 12.6. The molecule has 1 fully saturated rings. The van der Waals surface area contributed by atoms with Crippen LogP contribution >= 0.6 is 0 Å². The Morgan fingerprint density at radius 3 is 2.50 bits per heavy atom. The summed E-state index contributed by atoms with van der Waals surface area (Å²) in [7, 11) is 1.57. The van der Waals surface area contributed by atoms with E-state index in [0.717, 1.165) is 35.2 Å². The molecule has 0 unspecified atom stereocenters. The largest absolute Gasteiger partial charge is 0.496 e. The number of aromatic nitrogens is 2. The number of carbonyl (C=O) groups is 2. The molecule has 1 aromatic carbocycles. The minimum atomic E-state index is -0.787. The maximum Gasteiger partial charge on any atom is 0.255 e. The zero-order valence-corrected chi connectivity index (χ0v) is 19.7. The average molecular weight is 437 g/mol. The Balaban J connectivity index is 0.00000141. The molecule has 0 atom stereocenters. The van der Waals surface area contributed by atoms with Gasteiger partial charge in [-0.05, 0) is 69.0 Å². The predicted octanol–water partition coefficient (Wildman–Crippen LogP) is 4.00. The molecule has 170 valence electrons. The molecule has 0 bridgehead atoms. The lowest BCUT2D eigenvalue weighted by Gasteiger charge is -2.21. The Bertz CT molecular complexity index is 1160. The molecule has 1 saturated carbocycles. The molecule has 2 amide bonds. The third-order valence-electron chi connectivity index (χ3n) is 5.81. The zero-order chi connectivity index (χ0) is 23.6. The van der Waals surface area contributed by atoms with Gasteiger partial charge in [0.2, 0.25) is 5.91 Å². The van der Waals surface area contributed by atoms with E-state index in [1.807, 2.05) is 55.6 Å². The average Bonchev–Trinajstić information content (AvgIpc) is 3.48. The summed E-state index contributed by atoms with van der Waals surface area (Å²) in [6, 6.07) is 7.85. The maximum atomic E-state index is 12.6. The lowest BCUT2D eigenvalue weighted by atomic mass is 9.84. The van der Waals surface area contributed by atoms with Gasteiger partial charge in [0.15, 0.2) is 0 Å². The van der Waals surface area contributed by atoms with Crippen LogP contribution < -0.4 is 15.8 Å². The van der Waals surface area contributed by atoms with Crippen LogP contribution in [0.5, 0.6) is 5.75 Å². The van der Waals surface area contributed by atoms with Crippen molar-refractivity contribution in [3.8, 4) is 17.0 Å². The van der Waals surface area contributed by atoms with Gasteiger partial charge in [-0.2, -0.15) is 0 Å². The smallest absolute Gasteiger partial charge is 0.255 e. The molecular weight excluding hydrogens is 404 g/mol. The molecule has 32 heavy (non-hydrogen) atoms. The van der Waals surface area contributed by atoms with Crippen LogP contribution in [0.2, 0.25) is 0 Å². The number of ether oxygens (including phenoxy) is 1. The van der Waals surface area contributed by atoms with E-state index < -0.39 is 5.41 Å². The van der Waals surface area contributed by atoms with Gasteiger partial charge in [-0.25, -0.2) is 4.98 Å². The van der Waals surface area contributed by atoms with E-state index in [1.54, 1.807) is 27.2 Å². The molecule has 2 aromatic heterocycles. The van der Waals surface area contributed by atoms with Crippen molar-refractivity contribution in [3.63, 3.8) is 0 Å². The van der Waals surface area contributed by atoms with Gasteiger partial charge in [0.1, 0.15) is 11.4 Å². The Morgan fingerprint density at radius 2 is 1.91 bits per heavy atom. The Labute approximate surface area is 189 Å². The number of hydrogen-bond acceptors (Lipinski definition) is 4. The summed E-state index contributed by atoms with van der Waals surface area (Å²) in [5.41, 5.74) is 9.44. The summed E-state index contributed by atoms with van der Waals surface area (Å²) < 4.78 is 7.49. The number of nitrogens with one attached hydrogen (secondary N) is 1. The number of amides is 2. The van der Waals surface area contributed by atoms with Gasteiger partial charge < -0.3 is 15.8 Å². The lowest BCUT2D eigenvalue weighted by Crippen LogP contribution is -2.35. The van der Waals surface area contributed by atoms with Crippen LogP contribution in [0.1, 0.15) is 62.0 Å². The fourth-order valence-electron chi connectivity index (χ4n) is 3.57. The summed E-state index contributed by atoms with van der Waals surface area (Å²) >= 11 is 0. The first kappa shape index (κ1) is 23.3. The molecular formula is C25H32N4O3. The van der Waals surface area contributed by atoms with Gasteiger partial charge in [0.25, 0.3) is 5.91 Å². The summed E-state index contributed by atoms with van der Waals surface area (Å²) in [5.74, 6) is 0.0403. The van der Waals surface area contributed by atoms with Crippen molar-refractivity contribution in [2.24, 2.45) is 5.73 Å². The molecule has 0 aliphatic heterocycles. The first-order chi connectivity index (χ1) is 15.2. The number of aryl methyl sites for hydroxylation is 1. The fraction of sp³-hybridized carbons (Fsp3) is 0.400. The van der Waals surface area contributed by atoms with Crippen LogP contribution in [0.4, 0.5) is 0 Å². The van der Waals surface area contributed by atoms with Gasteiger partial charge in [0, 0.05) is 17.8 Å². The van der Waals surface area contributed by atoms with E-state index >= 15 is 0 Å².